The maximum atomic E-state index is 12.8. The van der Waals surface area contributed by atoms with Gasteiger partial charge in [-0.05, 0) is 66.2 Å². The Morgan fingerprint density at radius 1 is 0.550 bits per heavy atom. The van der Waals surface area contributed by atoms with Gasteiger partial charge in [0.15, 0.2) is 0 Å². The number of carboxylic acids is 3. The van der Waals surface area contributed by atoms with Gasteiger partial charge in [-0.3, -0.25) is 0 Å². The summed E-state index contributed by atoms with van der Waals surface area (Å²) in [5.41, 5.74) is 1.15. The molecule has 6 nitrogen and oxygen atoms in total. The maximum Gasteiger partial charge on any atom is 0.336 e. The minimum atomic E-state index is -1.38. The van der Waals surface area contributed by atoms with Gasteiger partial charge in [0.05, 0.1) is 16.7 Å². The summed E-state index contributed by atoms with van der Waals surface area (Å²) in [4.78, 5) is 38.0. The second-order valence-corrected chi connectivity index (χ2v) is 11.8. The van der Waals surface area contributed by atoms with E-state index >= 15 is 0 Å². The normalized spacial score (nSPS) is 11.3. The number of benzene rings is 2. The Hall–Kier alpha value is -3.15. The molecule has 0 bridgehead atoms. The summed E-state index contributed by atoms with van der Waals surface area (Å²) in [6, 6.07) is 9.25. The molecule has 2 rings (SSSR count). The number of rotatable bonds is 19. The summed E-state index contributed by atoms with van der Waals surface area (Å²) in [6.45, 7) is 8.74. The molecule has 0 fully saturated rings. The molecule has 220 valence electrons. The molecule has 0 radical (unpaired) electrons. The van der Waals surface area contributed by atoms with Crippen molar-refractivity contribution in [1.29, 1.82) is 0 Å². The van der Waals surface area contributed by atoms with Crippen molar-refractivity contribution in [1.82, 2.24) is 0 Å². The standard InChI is InChI=1S/C34H48O6/c1-23(2)16-10-5-7-14-20-26-28(22-25-18-12-9-13-19-25)31(34(39)40)30(33(37)38)27(29(26)32(35)36)21-15-8-6-11-17-24(3)4/h9,12-13,18-19,23-24H,5-8,10-11,14-17,20-22H2,1-4H3,(H,35,36)(H,37,38)(H,39,40). The van der Waals surface area contributed by atoms with Crippen LogP contribution in [0.25, 0.3) is 0 Å². The van der Waals surface area contributed by atoms with Gasteiger partial charge in [-0.25, -0.2) is 14.4 Å². The molecular weight excluding hydrogens is 504 g/mol. The lowest BCUT2D eigenvalue weighted by Gasteiger charge is -2.22. The van der Waals surface area contributed by atoms with Gasteiger partial charge in [-0.15, -0.1) is 0 Å². The first kappa shape index (κ1) is 33.1. The Morgan fingerprint density at radius 3 is 1.43 bits per heavy atom. The van der Waals surface area contributed by atoms with Crippen molar-refractivity contribution in [2.75, 3.05) is 0 Å². The van der Waals surface area contributed by atoms with Gasteiger partial charge < -0.3 is 15.3 Å². The highest BCUT2D eigenvalue weighted by Gasteiger charge is 2.32. The molecular formula is C34H48O6. The lowest BCUT2D eigenvalue weighted by molar-refractivity contribution is 0.0646. The number of carbonyl (C=O) groups is 3. The van der Waals surface area contributed by atoms with Crippen LogP contribution in [0.2, 0.25) is 0 Å². The van der Waals surface area contributed by atoms with Crippen LogP contribution in [0.15, 0.2) is 30.3 Å². The molecule has 0 aliphatic heterocycles. The zero-order valence-electron chi connectivity index (χ0n) is 24.8. The van der Waals surface area contributed by atoms with Crippen LogP contribution in [0.1, 0.15) is 145 Å². The molecule has 0 aliphatic rings. The molecule has 0 atom stereocenters. The molecule has 6 heteroatoms. The zero-order chi connectivity index (χ0) is 29.7. The number of hydrogen-bond donors (Lipinski definition) is 3. The zero-order valence-corrected chi connectivity index (χ0v) is 24.8. The Labute approximate surface area is 239 Å². The van der Waals surface area contributed by atoms with E-state index in [4.69, 9.17) is 0 Å². The average Bonchev–Trinajstić information content (AvgIpc) is 2.88. The number of aromatic carboxylic acids is 3. The molecule has 2 aromatic carbocycles. The Kier molecular flexibility index (Phi) is 13.9. The Morgan fingerprint density at radius 2 is 0.975 bits per heavy atom. The van der Waals surface area contributed by atoms with E-state index in [9.17, 15) is 29.7 Å². The smallest absolute Gasteiger partial charge is 0.336 e. The van der Waals surface area contributed by atoms with Gasteiger partial charge in [-0.2, -0.15) is 0 Å². The predicted octanol–water partition coefficient (Wildman–Crippen LogP) is 8.67. The maximum absolute atomic E-state index is 12.8. The first-order valence-corrected chi connectivity index (χ1v) is 15.0. The van der Waals surface area contributed by atoms with Gasteiger partial charge in [-0.1, -0.05) is 109 Å². The van der Waals surface area contributed by atoms with Crippen molar-refractivity contribution in [3.8, 4) is 0 Å². The van der Waals surface area contributed by atoms with Crippen LogP contribution in [-0.2, 0) is 19.3 Å². The lowest BCUT2D eigenvalue weighted by Crippen LogP contribution is -2.22. The highest BCUT2D eigenvalue weighted by atomic mass is 16.4. The van der Waals surface area contributed by atoms with Crippen LogP contribution in [0.3, 0.4) is 0 Å². The first-order chi connectivity index (χ1) is 19.0. The third-order valence-corrected chi connectivity index (χ3v) is 7.60. The minimum Gasteiger partial charge on any atom is -0.478 e. The monoisotopic (exact) mass is 552 g/mol. The molecule has 0 aliphatic carbocycles. The topological polar surface area (TPSA) is 112 Å². The molecule has 0 unspecified atom stereocenters. The molecule has 0 saturated carbocycles. The van der Waals surface area contributed by atoms with Crippen LogP contribution in [0.4, 0.5) is 0 Å². The summed E-state index contributed by atoms with van der Waals surface area (Å²) in [6.07, 6.45) is 10.3. The fraction of sp³-hybridized carbons (Fsp3) is 0.559. The molecule has 40 heavy (non-hydrogen) atoms. The van der Waals surface area contributed by atoms with E-state index in [1.165, 1.54) is 0 Å². The fourth-order valence-corrected chi connectivity index (χ4v) is 5.58. The van der Waals surface area contributed by atoms with Crippen LogP contribution in [0.5, 0.6) is 0 Å². The Balaban J connectivity index is 2.57. The van der Waals surface area contributed by atoms with E-state index in [-0.39, 0.29) is 35.1 Å². The molecule has 3 N–H and O–H groups in total. The van der Waals surface area contributed by atoms with E-state index < -0.39 is 17.9 Å². The van der Waals surface area contributed by atoms with Crippen molar-refractivity contribution < 1.29 is 29.7 Å². The summed E-state index contributed by atoms with van der Waals surface area (Å²) in [5.74, 6) is -2.65. The predicted molar refractivity (Wildman–Crippen MR) is 160 cm³/mol. The van der Waals surface area contributed by atoms with Crippen molar-refractivity contribution in [3.63, 3.8) is 0 Å². The van der Waals surface area contributed by atoms with Crippen molar-refractivity contribution in [2.24, 2.45) is 11.8 Å². The quantitative estimate of drug-likeness (QED) is 0.150. The molecule has 0 saturated heterocycles. The average molecular weight is 553 g/mol. The van der Waals surface area contributed by atoms with Crippen molar-refractivity contribution >= 4 is 17.9 Å². The lowest BCUT2D eigenvalue weighted by atomic mass is 9.80. The molecule has 0 aromatic heterocycles. The van der Waals surface area contributed by atoms with E-state index in [0.29, 0.717) is 35.8 Å². The van der Waals surface area contributed by atoms with Gasteiger partial charge >= 0.3 is 17.9 Å². The molecule has 0 amide bonds. The summed E-state index contributed by atoms with van der Waals surface area (Å²) in [7, 11) is 0. The highest BCUT2D eigenvalue weighted by molar-refractivity contribution is 6.07. The number of unbranched alkanes of at least 4 members (excludes halogenated alkanes) is 6. The van der Waals surface area contributed by atoms with E-state index in [1.807, 2.05) is 30.3 Å². The largest absolute Gasteiger partial charge is 0.478 e. The van der Waals surface area contributed by atoms with Crippen LogP contribution in [-0.4, -0.2) is 33.2 Å². The van der Waals surface area contributed by atoms with Gasteiger partial charge in [0.1, 0.15) is 0 Å². The van der Waals surface area contributed by atoms with Crippen LogP contribution < -0.4 is 0 Å². The van der Waals surface area contributed by atoms with Gasteiger partial charge in [0, 0.05) is 0 Å². The molecule has 2 aromatic rings. The van der Waals surface area contributed by atoms with E-state index in [2.05, 4.69) is 27.7 Å². The fourth-order valence-electron chi connectivity index (χ4n) is 5.58. The summed E-state index contributed by atoms with van der Waals surface area (Å²) >= 11 is 0. The summed E-state index contributed by atoms with van der Waals surface area (Å²) in [5, 5.41) is 31.0. The third kappa shape index (κ3) is 10.1. The molecule has 0 heterocycles. The van der Waals surface area contributed by atoms with Gasteiger partial charge in [0.2, 0.25) is 0 Å². The highest BCUT2D eigenvalue weighted by Crippen LogP contribution is 2.34. The van der Waals surface area contributed by atoms with Crippen LogP contribution in [0, 0.1) is 11.8 Å². The van der Waals surface area contributed by atoms with Crippen molar-refractivity contribution in [2.45, 2.75) is 111 Å². The number of hydrogen-bond acceptors (Lipinski definition) is 3. The SMILES string of the molecule is CC(C)CCCCCCc1c(Cc2ccccc2)c(C(=O)O)c(C(=O)O)c(CCCCCCC(C)C)c1C(=O)O. The third-order valence-electron chi connectivity index (χ3n) is 7.60. The minimum absolute atomic E-state index is 0.00214. The van der Waals surface area contributed by atoms with Gasteiger partial charge in [0.25, 0.3) is 0 Å². The van der Waals surface area contributed by atoms with Crippen LogP contribution >= 0.6 is 0 Å². The first-order valence-electron chi connectivity index (χ1n) is 15.0. The molecule has 0 spiro atoms. The second kappa shape index (κ2) is 16.8. The van der Waals surface area contributed by atoms with Crippen molar-refractivity contribution in [3.05, 3.63) is 69.3 Å². The second-order valence-electron chi connectivity index (χ2n) is 11.8. The van der Waals surface area contributed by atoms with E-state index in [1.54, 1.807) is 0 Å². The number of carboxylic acid groups (broad SMARTS) is 3. The summed E-state index contributed by atoms with van der Waals surface area (Å²) < 4.78 is 0. The Bertz CT molecular complexity index is 1120. The van der Waals surface area contributed by atoms with E-state index in [0.717, 1.165) is 63.4 Å².